The lowest BCUT2D eigenvalue weighted by Crippen LogP contribution is -2.21. The van der Waals surface area contributed by atoms with Gasteiger partial charge in [-0.05, 0) is 50.8 Å². The van der Waals surface area contributed by atoms with E-state index in [0.717, 1.165) is 18.5 Å². The number of halogens is 1. The van der Waals surface area contributed by atoms with Crippen molar-refractivity contribution in [3.63, 3.8) is 0 Å². The second-order valence-corrected chi connectivity index (χ2v) is 7.54. The first-order chi connectivity index (χ1) is 9.48. The summed E-state index contributed by atoms with van der Waals surface area (Å²) in [6.07, 6.45) is 4.04. The molecule has 0 saturated heterocycles. The zero-order valence-corrected chi connectivity index (χ0v) is 13.2. The van der Waals surface area contributed by atoms with Gasteiger partial charge in [-0.3, -0.25) is 4.72 Å². The van der Waals surface area contributed by atoms with Gasteiger partial charge in [-0.25, -0.2) is 8.42 Å². The number of hydrogen-bond donors (Lipinski definition) is 2. The van der Waals surface area contributed by atoms with Crippen molar-refractivity contribution in [3.8, 4) is 0 Å². The fraction of sp³-hybridized carbons (Fsp3) is 0.571. The van der Waals surface area contributed by atoms with Crippen LogP contribution in [-0.4, -0.2) is 26.8 Å². The second kappa shape index (κ2) is 6.78. The molecule has 0 amide bonds. The number of sulfonamides is 1. The van der Waals surface area contributed by atoms with Gasteiger partial charge in [0.2, 0.25) is 10.0 Å². The predicted molar refractivity (Wildman–Crippen MR) is 83.9 cm³/mol. The van der Waals surface area contributed by atoms with E-state index in [4.69, 9.17) is 11.6 Å². The molecule has 1 fully saturated rings. The van der Waals surface area contributed by atoms with E-state index in [1.165, 1.54) is 12.8 Å². The minimum absolute atomic E-state index is 0.129. The fourth-order valence-corrected chi connectivity index (χ4v) is 3.57. The van der Waals surface area contributed by atoms with Gasteiger partial charge in [-0.15, -0.1) is 0 Å². The lowest BCUT2D eigenvalue weighted by Gasteiger charge is -2.12. The minimum Gasteiger partial charge on any atom is -0.314 e. The SMILES string of the molecule is Cc1cccc(Cl)c1NS(=O)(=O)CCCCNC1CC1. The number of rotatable bonds is 8. The van der Waals surface area contributed by atoms with Crippen molar-refractivity contribution < 1.29 is 8.42 Å². The first-order valence-electron chi connectivity index (χ1n) is 6.97. The molecule has 1 aliphatic carbocycles. The Morgan fingerprint density at radius 1 is 1.30 bits per heavy atom. The number of anilines is 1. The Bertz CT molecular complexity index is 536. The standard InChI is InChI=1S/C14H21ClN2O2S/c1-11-5-4-6-13(15)14(11)17-20(18,19)10-3-2-9-16-12-7-8-12/h4-6,12,16-17H,2-3,7-10H2,1H3. The van der Waals surface area contributed by atoms with Crippen molar-refractivity contribution in [3.05, 3.63) is 28.8 Å². The van der Waals surface area contributed by atoms with Crippen LogP contribution in [0, 0.1) is 6.92 Å². The lowest BCUT2D eigenvalue weighted by atomic mass is 10.2. The van der Waals surface area contributed by atoms with Crippen molar-refractivity contribution in [2.24, 2.45) is 0 Å². The monoisotopic (exact) mass is 316 g/mol. The summed E-state index contributed by atoms with van der Waals surface area (Å²) in [4.78, 5) is 0. The van der Waals surface area contributed by atoms with Gasteiger partial charge in [0, 0.05) is 6.04 Å². The molecule has 1 aromatic carbocycles. The van der Waals surface area contributed by atoms with Gasteiger partial charge < -0.3 is 5.32 Å². The van der Waals surface area contributed by atoms with E-state index >= 15 is 0 Å². The molecule has 0 unspecified atom stereocenters. The van der Waals surface area contributed by atoms with Crippen LogP contribution in [0.2, 0.25) is 5.02 Å². The van der Waals surface area contributed by atoms with Gasteiger partial charge in [0.15, 0.2) is 0 Å². The normalized spacial score (nSPS) is 15.3. The molecular weight excluding hydrogens is 296 g/mol. The molecule has 0 bridgehead atoms. The van der Waals surface area contributed by atoms with E-state index in [2.05, 4.69) is 10.0 Å². The highest BCUT2D eigenvalue weighted by Crippen LogP contribution is 2.26. The van der Waals surface area contributed by atoms with Crippen LogP contribution in [0.5, 0.6) is 0 Å². The van der Waals surface area contributed by atoms with Gasteiger partial charge in [0.05, 0.1) is 16.5 Å². The van der Waals surface area contributed by atoms with Crippen LogP contribution in [0.3, 0.4) is 0 Å². The molecule has 6 heteroatoms. The number of nitrogens with one attached hydrogen (secondary N) is 2. The molecule has 2 rings (SSSR count). The van der Waals surface area contributed by atoms with Gasteiger partial charge in [-0.1, -0.05) is 23.7 Å². The third-order valence-electron chi connectivity index (χ3n) is 3.33. The third kappa shape index (κ3) is 4.96. The topological polar surface area (TPSA) is 58.2 Å². The van der Waals surface area contributed by atoms with E-state index in [1.54, 1.807) is 12.1 Å². The molecule has 1 saturated carbocycles. The van der Waals surface area contributed by atoms with Gasteiger partial charge in [0.1, 0.15) is 0 Å². The average Bonchev–Trinajstić information content (AvgIpc) is 3.18. The van der Waals surface area contributed by atoms with Gasteiger partial charge in [0.25, 0.3) is 0 Å². The van der Waals surface area contributed by atoms with Crippen molar-refractivity contribution in [1.29, 1.82) is 0 Å². The molecule has 0 spiro atoms. The molecule has 0 atom stereocenters. The Balaban J connectivity index is 1.80. The maximum Gasteiger partial charge on any atom is 0.232 e. The fourth-order valence-electron chi connectivity index (χ4n) is 1.98. The van der Waals surface area contributed by atoms with E-state index in [1.807, 2.05) is 13.0 Å². The summed E-state index contributed by atoms with van der Waals surface area (Å²) >= 11 is 6.02. The van der Waals surface area contributed by atoms with Crippen molar-refractivity contribution in [1.82, 2.24) is 5.32 Å². The van der Waals surface area contributed by atoms with Gasteiger partial charge >= 0.3 is 0 Å². The van der Waals surface area contributed by atoms with Crippen LogP contribution in [0.25, 0.3) is 0 Å². The first-order valence-corrected chi connectivity index (χ1v) is 9.00. The largest absolute Gasteiger partial charge is 0.314 e. The van der Waals surface area contributed by atoms with Crippen LogP contribution in [-0.2, 0) is 10.0 Å². The van der Waals surface area contributed by atoms with Crippen molar-refractivity contribution in [2.75, 3.05) is 17.0 Å². The Hall–Kier alpha value is -0.780. The van der Waals surface area contributed by atoms with Crippen LogP contribution >= 0.6 is 11.6 Å². The average molecular weight is 317 g/mol. The zero-order chi connectivity index (χ0) is 14.6. The lowest BCUT2D eigenvalue weighted by molar-refractivity contribution is 0.591. The summed E-state index contributed by atoms with van der Waals surface area (Å²) in [6, 6.07) is 6.00. The highest BCUT2D eigenvalue weighted by atomic mass is 35.5. The molecule has 20 heavy (non-hydrogen) atoms. The highest BCUT2D eigenvalue weighted by Gasteiger charge is 2.19. The van der Waals surface area contributed by atoms with Crippen LogP contribution in [0.15, 0.2) is 18.2 Å². The second-order valence-electron chi connectivity index (χ2n) is 5.29. The molecule has 0 radical (unpaired) electrons. The summed E-state index contributed by atoms with van der Waals surface area (Å²) in [5.41, 5.74) is 1.32. The molecule has 2 N–H and O–H groups in total. The van der Waals surface area contributed by atoms with Gasteiger partial charge in [-0.2, -0.15) is 0 Å². The summed E-state index contributed by atoms with van der Waals surface area (Å²) in [6.45, 7) is 2.73. The summed E-state index contributed by atoms with van der Waals surface area (Å²) in [5, 5.41) is 3.81. The molecule has 0 heterocycles. The van der Waals surface area contributed by atoms with Crippen LogP contribution in [0.1, 0.15) is 31.2 Å². The van der Waals surface area contributed by atoms with Crippen molar-refractivity contribution in [2.45, 2.75) is 38.6 Å². The zero-order valence-electron chi connectivity index (χ0n) is 11.7. The van der Waals surface area contributed by atoms with Crippen LogP contribution in [0.4, 0.5) is 5.69 Å². The number of benzene rings is 1. The maximum atomic E-state index is 12.0. The maximum absolute atomic E-state index is 12.0. The Labute approximate surface area is 126 Å². The molecule has 0 aromatic heterocycles. The Morgan fingerprint density at radius 3 is 2.70 bits per heavy atom. The molecule has 4 nitrogen and oxygen atoms in total. The van der Waals surface area contributed by atoms with E-state index in [0.29, 0.717) is 23.2 Å². The Kier molecular flexibility index (Phi) is 5.29. The quantitative estimate of drug-likeness (QED) is 0.725. The summed E-state index contributed by atoms with van der Waals surface area (Å²) in [5.74, 6) is 0.129. The Morgan fingerprint density at radius 2 is 2.05 bits per heavy atom. The molecule has 112 valence electrons. The number of aryl methyl sites for hydroxylation is 1. The van der Waals surface area contributed by atoms with Crippen molar-refractivity contribution >= 4 is 27.3 Å². The van der Waals surface area contributed by atoms with E-state index in [9.17, 15) is 8.42 Å². The predicted octanol–water partition coefficient (Wildman–Crippen LogP) is 2.92. The number of para-hydroxylation sites is 1. The van der Waals surface area contributed by atoms with Crippen LogP contribution < -0.4 is 10.0 Å². The number of hydrogen-bond acceptors (Lipinski definition) is 3. The molecule has 1 aliphatic rings. The first kappa shape index (κ1) is 15.6. The smallest absolute Gasteiger partial charge is 0.232 e. The highest BCUT2D eigenvalue weighted by molar-refractivity contribution is 7.92. The number of unbranched alkanes of at least 4 members (excludes halogenated alkanes) is 1. The minimum atomic E-state index is -3.33. The molecule has 1 aromatic rings. The molecule has 0 aliphatic heterocycles. The third-order valence-corrected chi connectivity index (χ3v) is 4.99. The summed E-state index contributed by atoms with van der Waals surface area (Å²) in [7, 11) is -3.33. The van der Waals surface area contributed by atoms with E-state index in [-0.39, 0.29) is 5.75 Å². The molecular formula is C14H21ClN2O2S. The summed E-state index contributed by atoms with van der Waals surface area (Å²) < 4.78 is 26.6. The van der Waals surface area contributed by atoms with E-state index < -0.39 is 10.0 Å².